The van der Waals surface area contributed by atoms with E-state index < -0.39 is 0 Å². The zero-order valence-electron chi connectivity index (χ0n) is 18.6. The predicted octanol–water partition coefficient (Wildman–Crippen LogP) is 3.61. The molecule has 2 aliphatic rings. The number of aromatic nitrogens is 1. The number of benzene rings is 1. The lowest BCUT2D eigenvalue weighted by atomic mass is 9.88. The number of rotatable bonds is 5. The largest absolute Gasteiger partial charge is 0.488 e. The van der Waals surface area contributed by atoms with Gasteiger partial charge in [0.2, 0.25) is 0 Å². The van der Waals surface area contributed by atoms with E-state index in [2.05, 4.69) is 4.90 Å². The number of carbonyl (C=O) groups excluding carboxylic acids is 2. The number of ether oxygens (including phenoxy) is 3. The van der Waals surface area contributed by atoms with Gasteiger partial charge in [-0.25, -0.2) is 4.79 Å². The minimum Gasteiger partial charge on any atom is -0.488 e. The molecule has 0 saturated carbocycles. The van der Waals surface area contributed by atoms with E-state index in [-0.39, 0.29) is 11.9 Å². The van der Waals surface area contributed by atoms with E-state index in [4.69, 9.17) is 19.2 Å². The van der Waals surface area contributed by atoms with Gasteiger partial charge in [0.1, 0.15) is 12.4 Å². The minimum atomic E-state index is -0.378. The number of likely N-dealkylation sites (tertiary alicyclic amines) is 1. The van der Waals surface area contributed by atoms with Crippen LogP contribution in [0.25, 0.3) is 5.57 Å². The highest BCUT2D eigenvalue weighted by atomic mass is 16.5. The third-order valence-electron chi connectivity index (χ3n) is 5.93. The van der Waals surface area contributed by atoms with Gasteiger partial charge in [-0.2, -0.15) is 0 Å². The van der Waals surface area contributed by atoms with Crippen LogP contribution in [0.15, 0.2) is 42.1 Å². The van der Waals surface area contributed by atoms with Crippen LogP contribution in [0.3, 0.4) is 0 Å². The quantitative estimate of drug-likeness (QED) is 0.663. The van der Waals surface area contributed by atoms with Gasteiger partial charge in [0.15, 0.2) is 0 Å². The second kappa shape index (κ2) is 9.96. The van der Waals surface area contributed by atoms with E-state index in [0.29, 0.717) is 31.7 Å². The van der Waals surface area contributed by atoms with Crippen LogP contribution in [-0.4, -0.2) is 55.2 Å². The SMILES string of the molecule is CCOC(=O)CCN1CCC(=C2c3cc(C(=O)OC)ccc3OCc3cccnc32)CC1. The van der Waals surface area contributed by atoms with E-state index in [1.165, 1.54) is 12.7 Å². The van der Waals surface area contributed by atoms with Gasteiger partial charge in [-0.3, -0.25) is 9.78 Å². The van der Waals surface area contributed by atoms with Crippen molar-refractivity contribution in [2.45, 2.75) is 32.8 Å². The van der Waals surface area contributed by atoms with Crippen molar-refractivity contribution in [1.29, 1.82) is 0 Å². The zero-order chi connectivity index (χ0) is 22.5. The molecule has 7 heteroatoms. The summed E-state index contributed by atoms with van der Waals surface area (Å²) in [5.41, 5.74) is 5.62. The van der Waals surface area contributed by atoms with Gasteiger partial charge in [0.05, 0.1) is 31.4 Å². The smallest absolute Gasteiger partial charge is 0.337 e. The molecule has 1 saturated heterocycles. The Bertz CT molecular complexity index is 1040. The fraction of sp³-hybridized carbons (Fsp3) is 0.400. The molecule has 1 fully saturated rings. The van der Waals surface area contributed by atoms with Gasteiger partial charge >= 0.3 is 11.9 Å². The number of pyridine rings is 1. The number of hydrogen-bond acceptors (Lipinski definition) is 7. The fourth-order valence-electron chi connectivity index (χ4n) is 4.30. The Morgan fingerprint density at radius 2 is 2.00 bits per heavy atom. The van der Waals surface area contributed by atoms with Crippen molar-refractivity contribution in [1.82, 2.24) is 9.88 Å². The maximum absolute atomic E-state index is 12.2. The minimum absolute atomic E-state index is 0.153. The first-order valence-corrected chi connectivity index (χ1v) is 11.0. The maximum Gasteiger partial charge on any atom is 0.337 e. The van der Waals surface area contributed by atoms with Crippen molar-refractivity contribution in [3.63, 3.8) is 0 Å². The molecule has 7 nitrogen and oxygen atoms in total. The second-order valence-corrected chi connectivity index (χ2v) is 7.88. The van der Waals surface area contributed by atoms with Crippen LogP contribution < -0.4 is 4.74 Å². The average Bonchev–Trinajstić information content (AvgIpc) is 2.99. The topological polar surface area (TPSA) is 78.0 Å². The van der Waals surface area contributed by atoms with Crippen molar-refractivity contribution >= 4 is 17.5 Å². The molecule has 0 unspecified atom stereocenters. The van der Waals surface area contributed by atoms with E-state index >= 15 is 0 Å². The number of methoxy groups -OCH3 is 1. The molecule has 4 rings (SSSR count). The van der Waals surface area contributed by atoms with Crippen molar-refractivity contribution < 1.29 is 23.8 Å². The van der Waals surface area contributed by atoms with Gasteiger partial charge in [0.25, 0.3) is 0 Å². The maximum atomic E-state index is 12.2. The first kappa shape index (κ1) is 22.0. The molecule has 168 valence electrons. The molecule has 0 amide bonds. The lowest BCUT2D eigenvalue weighted by molar-refractivity contribution is -0.143. The Balaban J connectivity index is 1.66. The molecule has 3 heterocycles. The normalized spacial score (nSPS) is 15.8. The summed E-state index contributed by atoms with van der Waals surface area (Å²) in [4.78, 5) is 30.9. The Hall–Kier alpha value is -3.19. The summed E-state index contributed by atoms with van der Waals surface area (Å²) in [6.45, 7) is 5.07. The summed E-state index contributed by atoms with van der Waals surface area (Å²) in [5, 5.41) is 0. The molecule has 2 aliphatic heterocycles. The first-order valence-electron chi connectivity index (χ1n) is 11.0. The zero-order valence-corrected chi connectivity index (χ0v) is 18.6. The van der Waals surface area contributed by atoms with E-state index in [1.807, 2.05) is 31.2 Å². The van der Waals surface area contributed by atoms with Gasteiger partial charge in [-0.1, -0.05) is 11.6 Å². The molecular formula is C25H28N2O5. The fourth-order valence-corrected chi connectivity index (χ4v) is 4.30. The van der Waals surface area contributed by atoms with Crippen LogP contribution in [0.2, 0.25) is 0 Å². The Morgan fingerprint density at radius 1 is 1.19 bits per heavy atom. The molecule has 0 aliphatic carbocycles. The van der Waals surface area contributed by atoms with Crippen molar-refractivity contribution in [3.8, 4) is 5.75 Å². The summed E-state index contributed by atoms with van der Waals surface area (Å²) < 4.78 is 16.1. The molecule has 0 radical (unpaired) electrons. The van der Waals surface area contributed by atoms with Crippen LogP contribution >= 0.6 is 0 Å². The lowest BCUT2D eigenvalue weighted by Gasteiger charge is -2.29. The first-order chi connectivity index (χ1) is 15.6. The summed E-state index contributed by atoms with van der Waals surface area (Å²) in [6.07, 6.45) is 3.92. The van der Waals surface area contributed by atoms with Crippen LogP contribution in [0.5, 0.6) is 5.75 Å². The van der Waals surface area contributed by atoms with Gasteiger partial charge in [-0.15, -0.1) is 0 Å². The molecule has 0 N–H and O–H groups in total. The van der Waals surface area contributed by atoms with Crippen LogP contribution in [-0.2, 0) is 20.9 Å². The van der Waals surface area contributed by atoms with Crippen LogP contribution in [0.4, 0.5) is 0 Å². The van der Waals surface area contributed by atoms with Crippen LogP contribution in [0, 0.1) is 0 Å². The molecule has 0 bridgehead atoms. The van der Waals surface area contributed by atoms with E-state index in [9.17, 15) is 9.59 Å². The monoisotopic (exact) mass is 436 g/mol. The van der Waals surface area contributed by atoms with E-state index in [0.717, 1.165) is 54.1 Å². The molecule has 0 atom stereocenters. The number of esters is 2. The number of nitrogens with zero attached hydrogens (tertiary/aromatic N) is 2. The molecule has 2 aromatic rings. The van der Waals surface area contributed by atoms with Gasteiger partial charge in [0, 0.05) is 42.5 Å². The Kier molecular flexibility index (Phi) is 6.85. The van der Waals surface area contributed by atoms with Crippen molar-refractivity contribution in [3.05, 3.63) is 64.5 Å². The Morgan fingerprint density at radius 3 is 2.75 bits per heavy atom. The molecule has 0 spiro atoms. The third-order valence-corrected chi connectivity index (χ3v) is 5.93. The second-order valence-electron chi connectivity index (χ2n) is 7.88. The Labute approximate surface area is 188 Å². The molecular weight excluding hydrogens is 408 g/mol. The molecule has 32 heavy (non-hydrogen) atoms. The number of carbonyl (C=O) groups is 2. The highest BCUT2D eigenvalue weighted by Crippen LogP contribution is 2.40. The standard InChI is InChI=1S/C25H28N2O5/c1-3-31-22(28)10-14-27-12-8-17(9-13-27)23-20-15-18(25(29)30-2)6-7-21(20)32-16-19-5-4-11-26-24(19)23/h4-7,11,15H,3,8-10,12-14,16H2,1-2H3. The number of fused-ring (bicyclic) bond motifs is 2. The van der Waals surface area contributed by atoms with Gasteiger partial charge < -0.3 is 19.1 Å². The van der Waals surface area contributed by atoms with Crippen molar-refractivity contribution in [2.24, 2.45) is 0 Å². The highest BCUT2D eigenvalue weighted by molar-refractivity contribution is 5.93. The summed E-state index contributed by atoms with van der Waals surface area (Å²) in [5.74, 6) is 0.208. The number of piperidine rings is 1. The molecule has 1 aromatic heterocycles. The van der Waals surface area contributed by atoms with Gasteiger partial charge in [-0.05, 0) is 44.0 Å². The van der Waals surface area contributed by atoms with Crippen LogP contribution in [0.1, 0.15) is 53.4 Å². The third kappa shape index (κ3) is 4.67. The summed E-state index contributed by atoms with van der Waals surface area (Å²) >= 11 is 0. The summed E-state index contributed by atoms with van der Waals surface area (Å²) in [7, 11) is 1.38. The predicted molar refractivity (Wildman–Crippen MR) is 119 cm³/mol. The average molecular weight is 437 g/mol. The number of hydrogen-bond donors (Lipinski definition) is 0. The van der Waals surface area contributed by atoms with E-state index in [1.54, 1.807) is 12.3 Å². The molecule has 1 aromatic carbocycles. The van der Waals surface area contributed by atoms with Crippen molar-refractivity contribution in [2.75, 3.05) is 33.4 Å². The lowest BCUT2D eigenvalue weighted by Crippen LogP contribution is -2.33. The highest BCUT2D eigenvalue weighted by Gasteiger charge is 2.27. The summed E-state index contributed by atoms with van der Waals surface area (Å²) in [6, 6.07) is 9.36.